The largest absolute Gasteiger partial charge is 0.348 e. The Morgan fingerprint density at radius 3 is 2.73 bits per heavy atom. The van der Waals surface area contributed by atoms with Gasteiger partial charge in [-0.25, -0.2) is 4.68 Å². The Hall–Kier alpha value is -2.89. The Morgan fingerprint density at radius 2 is 2.00 bits per heavy atom. The van der Waals surface area contributed by atoms with Gasteiger partial charge in [0, 0.05) is 24.8 Å². The lowest BCUT2D eigenvalue weighted by Crippen LogP contribution is -2.30. The van der Waals surface area contributed by atoms with Crippen molar-refractivity contribution in [2.45, 2.75) is 19.5 Å². The van der Waals surface area contributed by atoms with Crippen LogP contribution in [0.15, 0.2) is 61.2 Å². The van der Waals surface area contributed by atoms with Crippen LogP contribution in [0.5, 0.6) is 0 Å². The number of nitrogens with zero attached hydrogens (tertiary/aromatic N) is 4. The third kappa shape index (κ3) is 3.22. The molecule has 0 saturated carbocycles. The van der Waals surface area contributed by atoms with Crippen LogP contribution >= 0.6 is 0 Å². The minimum absolute atomic E-state index is 0.0688. The van der Waals surface area contributed by atoms with E-state index in [1.807, 2.05) is 43.5 Å². The van der Waals surface area contributed by atoms with E-state index in [4.69, 9.17) is 0 Å². The maximum Gasteiger partial charge on any atom is 0.242 e. The first-order chi connectivity index (χ1) is 10.7. The minimum atomic E-state index is -0.0847. The molecule has 0 saturated heterocycles. The fraction of sp³-hybridized carbons (Fsp3) is 0.188. The van der Waals surface area contributed by atoms with Crippen LogP contribution in [-0.2, 0) is 11.3 Å². The summed E-state index contributed by atoms with van der Waals surface area (Å²) in [6, 6.07) is 11.5. The Morgan fingerprint density at radius 1 is 1.18 bits per heavy atom. The molecule has 2 aromatic heterocycles. The second-order valence-electron chi connectivity index (χ2n) is 5.04. The number of carbonyl (C=O) groups excluding carboxylic acids is 1. The van der Waals surface area contributed by atoms with Crippen LogP contribution in [0.3, 0.4) is 0 Å². The average Bonchev–Trinajstić information content (AvgIpc) is 3.20. The molecule has 0 aliphatic carbocycles. The zero-order valence-corrected chi connectivity index (χ0v) is 12.3. The normalized spacial score (nSPS) is 12.0. The Bertz CT molecular complexity index is 734. The molecule has 6 nitrogen and oxygen atoms in total. The molecule has 6 heteroatoms. The molecule has 3 rings (SSSR count). The lowest BCUT2D eigenvalue weighted by molar-refractivity contribution is -0.122. The van der Waals surface area contributed by atoms with E-state index < -0.39 is 0 Å². The third-order valence-electron chi connectivity index (χ3n) is 3.38. The van der Waals surface area contributed by atoms with Gasteiger partial charge in [0.2, 0.25) is 5.91 Å². The fourth-order valence-corrected chi connectivity index (χ4v) is 2.27. The summed E-state index contributed by atoms with van der Waals surface area (Å²) in [6.45, 7) is 2.18. The van der Waals surface area contributed by atoms with E-state index in [-0.39, 0.29) is 18.5 Å². The van der Waals surface area contributed by atoms with Crippen molar-refractivity contribution in [2.24, 2.45) is 0 Å². The van der Waals surface area contributed by atoms with Gasteiger partial charge in [0.1, 0.15) is 6.54 Å². The summed E-state index contributed by atoms with van der Waals surface area (Å²) in [4.78, 5) is 12.0. The highest BCUT2D eigenvalue weighted by molar-refractivity contribution is 5.76. The molecule has 2 heterocycles. The molecule has 22 heavy (non-hydrogen) atoms. The highest BCUT2D eigenvalue weighted by Crippen LogP contribution is 2.16. The molecule has 0 unspecified atom stereocenters. The van der Waals surface area contributed by atoms with Gasteiger partial charge < -0.3 is 5.32 Å². The Labute approximate surface area is 128 Å². The maximum atomic E-state index is 12.0. The van der Waals surface area contributed by atoms with Crippen molar-refractivity contribution in [2.75, 3.05) is 0 Å². The van der Waals surface area contributed by atoms with E-state index in [0.717, 1.165) is 11.3 Å². The zero-order chi connectivity index (χ0) is 15.4. The van der Waals surface area contributed by atoms with Crippen molar-refractivity contribution in [1.29, 1.82) is 0 Å². The van der Waals surface area contributed by atoms with Gasteiger partial charge in [0.05, 0.1) is 11.7 Å². The number of benzene rings is 1. The molecular weight excluding hydrogens is 278 g/mol. The molecule has 1 N–H and O–H groups in total. The maximum absolute atomic E-state index is 12.0. The number of nitrogens with one attached hydrogen (secondary N) is 1. The first kappa shape index (κ1) is 14.1. The number of carbonyl (C=O) groups is 1. The highest BCUT2D eigenvalue weighted by atomic mass is 16.2. The molecule has 0 aliphatic heterocycles. The van der Waals surface area contributed by atoms with Gasteiger partial charge in [0.25, 0.3) is 0 Å². The predicted octanol–water partition coefficient (Wildman–Crippen LogP) is 1.95. The molecule has 1 atom stereocenters. The standard InChI is InChI=1S/C16H17N5O/c1-13(19-16(22)12-20-9-3-7-17-20)14-5-2-6-15(11-14)21-10-4-8-18-21/h2-11,13H,12H2,1H3,(H,19,22)/t13-/m1/s1. The summed E-state index contributed by atoms with van der Waals surface area (Å²) in [6.07, 6.45) is 7.05. The van der Waals surface area contributed by atoms with Crippen LogP contribution in [0, 0.1) is 0 Å². The van der Waals surface area contributed by atoms with Crippen molar-refractivity contribution < 1.29 is 4.79 Å². The quantitative estimate of drug-likeness (QED) is 0.782. The summed E-state index contributed by atoms with van der Waals surface area (Å²) < 4.78 is 3.39. The molecule has 1 aromatic carbocycles. The molecule has 0 aliphatic rings. The van der Waals surface area contributed by atoms with Gasteiger partial charge >= 0.3 is 0 Å². The van der Waals surface area contributed by atoms with E-state index in [0.29, 0.717) is 0 Å². The number of hydrogen-bond acceptors (Lipinski definition) is 3. The number of aromatic nitrogens is 4. The van der Waals surface area contributed by atoms with Gasteiger partial charge in [0.15, 0.2) is 0 Å². The molecule has 3 aromatic rings. The monoisotopic (exact) mass is 295 g/mol. The first-order valence-electron chi connectivity index (χ1n) is 7.09. The topological polar surface area (TPSA) is 64.7 Å². The van der Waals surface area contributed by atoms with Gasteiger partial charge in [-0.15, -0.1) is 0 Å². The summed E-state index contributed by atoms with van der Waals surface area (Å²) in [5.74, 6) is -0.0688. The van der Waals surface area contributed by atoms with E-state index >= 15 is 0 Å². The van der Waals surface area contributed by atoms with E-state index in [2.05, 4.69) is 15.5 Å². The van der Waals surface area contributed by atoms with Crippen molar-refractivity contribution in [3.05, 3.63) is 66.7 Å². The SMILES string of the molecule is C[C@@H](NC(=O)Cn1cccn1)c1cccc(-n2cccn2)c1. The lowest BCUT2D eigenvalue weighted by atomic mass is 10.1. The van der Waals surface area contributed by atoms with Crippen LogP contribution in [0.25, 0.3) is 5.69 Å². The van der Waals surface area contributed by atoms with Gasteiger partial charge in [-0.1, -0.05) is 12.1 Å². The van der Waals surface area contributed by atoms with Gasteiger partial charge in [-0.05, 0) is 36.8 Å². The van der Waals surface area contributed by atoms with Crippen LogP contribution in [-0.4, -0.2) is 25.5 Å². The molecule has 0 spiro atoms. The Balaban J connectivity index is 1.68. The second kappa shape index (κ2) is 6.26. The van der Waals surface area contributed by atoms with Crippen LogP contribution in [0.1, 0.15) is 18.5 Å². The van der Waals surface area contributed by atoms with E-state index in [1.54, 1.807) is 34.0 Å². The van der Waals surface area contributed by atoms with Crippen molar-refractivity contribution >= 4 is 5.91 Å². The van der Waals surface area contributed by atoms with Crippen molar-refractivity contribution in [1.82, 2.24) is 24.9 Å². The van der Waals surface area contributed by atoms with E-state index in [9.17, 15) is 4.79 Å². The second-order valence-corrected chi connectivity index (χ2v) is 5.04. The fourth-order valence-electron chi connectivity index (χ4n) is 2.27. The minimum Gasteiger partial charge on any atom is -0.348 e. The van der Waals surface area contributed by atoms with Crippen molar-refractivity contribution in [3.63, 3.8) is 0 Å². The average molecular weight is 295 g/mol. The lowest BCUT2D eigenvalue weighted by Gasteiger charge is -2.15. The molecule has 0 bridgehead atoms. The number of hydrogen-bond donors (Lipinski definition) is 1. The molecule has 0 radical (unpaired) electrons. The van der Waals surface area contributed by atoms with Crippen LogP contribution in [0.4, 0.5) is 0 Å². The van der Waals surface area contributed by atoms with Gasteiger partial charge in [-0.2, -0.15) is 10.2 Å². The summed E-state index contributed by atoms with van der Waals surface area (Å²) in [5.41, 5.74) is 2.00. The molecule has 1 amide bonds. The summed E-state index contributed by atoms with van der Waals surface area (Å²) in [7, 11) is 0. The molecule has 112 valence electrons. The first-order valence-corrected chi connectivity index (χ1v) is 7.09. The van der Waals surface area contributed by atoms with Gasteiger partial charge in [-0.3, -0.25) is 9.48 Å². The smallest absolute Gasteiger partial charge is 0.242 e. The molecular formula is C16H17N5O. The Kier molecular flexibility index (Phi) is 4.00. The van der Waals surface area contributed by atoms with Crippen molar-refractivity contribution in [3.8, 4) is 5.69 Å². The number of rotatable bonds is 5. The zero-order valence-electron chi connectivity index (χ0n) is 12.3. The summed E-state index contributed by atoms with van der Waals surface area (Å²) >= 11 is 0. The predicted molar refractivity (Wildman–Crippen MR) is 82.3 cm³/mol. The van der Waals surface area contributed by atoms with Crippen LogP contribution in [0.2, 0.25) is 0 Å². The third-order valence-corrected chi connectivity index (χ3v) is 3.38. The van der Waals surface area contributed by atoms with E-state index in [1.165, 1.54) is 0 Å². The highest BCUT2D eigenvalue weighted by Gasteiger charge is 2.11. The van der Waals surface area contributed by atoms with Crippen LogP contribution < -0.4 is 5.32 Å². The molecule has 0 fully saturated rings. The summed E-state index contributed by atoms with van der Waals surface area (Å²) in [5, 5.41) is 11.2. The number of amides is 1.